The van der Waals surface area contributed by atoms with Gasteiger partial charge in [-0.15, -0.1) is 0 Å². The lowest BCUT2D eigenvalue weighted by Gasteiger charge is -2.13. The van der Waals surface area contributed by atoms with E-state index in [0.717, 1.165) is 37.7 Å². The van der Waals surface area contributed by atoms with E-state index in [-0.39, 0.29) is 5.41 Å². The molecule has 6 nitrogen and oxygen atoms in total. The topological polar surface area (TPSA) is 78.2 Å². The number of hydrogen-bond donors (Lipinski definition) is 3. The maximum atomic E-state index is 5.83. The van der Waals surface area contributed by atoms with Crippen LogP contribution < -0.4 is 10.6 Å². The summed E-state index contributed by atoms with van der Waals surface area (Å²) in [5, 5.41) is 8.01. The number of aryl methyl sites for hydroxylation is 1. The van der Waals surface area contributed by atoms with Crippen molar-refractivity contribution in [1.82, 2.24) is 20.6 Å². The molecule has 0 saturated carbocycles. The minimum Gasteiger partial charge on any atom is -0.443 e. The van der Waals surface area contributed by atoms with Gasteiger partial charge in [0.05, 0.1) is 6.20 Å². The highest BCUT2D eigenvalue weighted by molar-refractivity contribution is 5.86. The van der Waals surface area contributed by atoms with E-state index in [1.807, 2.05) is 0 Å². The molecule has 3 aromatic rings. The Morgan fingerprint density at radius 3 is 2.69 bits per heavy atom. The minimum absolute atomic E-state index is 0.0469. The molecule has 6 heteroatoms. The Morgan fingerprint density at radius 1 is 1.17 bits per heavy atom. The fraction of sp³-hybridized carbons (Fsp3) is 0.478. The standard InChI is InChI=1S/C23H33N5O/c1-6-16-9-8-10-18-17(13-27-21(16)18)11-12-25-22(24-7-2)28-15-20-26-14-19(29-20)23(3,4)5/h8-10,13-14,27H,6-7,11-12,15H2,1-5H3,(H2,24,25,28). The van der Waals surface area contributed by atoms with E-state index in [1.165, 1.54) is 22.0 Å². The number of para-hydroxylation sites is 1. The monoisotopic (exact) mass is 395 g/mol. The number of fused-ring (bicyclic) bond motifs is 1. The number of rotatable bonds is 7. The van der Waals surface area contributed by atoms with Crippen molar-refractivity contribution in [3.05, 3.63) is 53.4 Å². The van der Waals surface area contributed by atoms with Gasteiger partial charge >= 0.3 is 0 Å². The first kappa shape index (κ1) is 21.0. The van der Waals surface area contributed by atoms with Gasteiger partial charge < -0.3 is 20.0 Å². The molecule has 2 aromatic heterocycles. The van der Waals surface area contributed by atoms with Gasteiger partial charge in [-0.3, -0.25) is 0 Å². The maximum Gasteiger partial charge on any atom is 0.216 e. The average molecular weight is 396 g/mol. The first-order valence-electron chi connectivity index (χ1n) is 10.5. The number of H-pyrrole nitrogens is 1. The van der Waals surface area contributed by atoms with Crippen LogP contribution >= 0.6 is 0 Å². The smallest absolute Gasteiger partial charge is 0.216 e. The van der Waals surface area contributed by atoms with Crippen LogP contribution in [0.25, 0.3) is 10.9 Å². The van der Waals surface area contributed by atoms with Crippen molar-refractivity contribution in [2.75, 3.05) is 13.1 Å². The second kappa shape index (κ2) is 9.16. The van der Waals surface area contributed by atoms with Crippen molar-refractivity contribution in [3.63, 3.8) is 0 Å². The molecule has 2 heterocycles. The first-order valence-corrected chi connectivity index (χ1v) is 10.5. The van der Waals surface area contributed by atoms with Gasteiger partial charge in [-0.1, -0.05) is 45.9 Å². The van der Waals surface area contributed by atoms with Crippen LogP contribution in [0.4, 0.5) is 0 Å². The second-order valence-electron chi connectivity index (χ2n) is 8.25. The van der Waals surface area contributed by atoms with Crippen LogP contribution in [0.15, 0.2) is 40.0 Å². The summed E-state index contributed by atoms with van der Waals surface area (Å²) in [5.74, 6) is 2.29. The van der Waals surface area contributed by atoms with Crippen molar-refractivity contribution in [2.45, 2.75) is 59.4 Å². The quantitative estimate of drug-likeness (QED) is 0.411. The zero-order chi connectivity index (χ0) is 20.9. The Hall–Kier alpha value is -2.76. The molecule has 0 bridgehead atoms. The summed E-state index contributed by atoms with van der Waals surface area (Å²) in [6.45, 7) is 12.6. The summed E-state index contributed by atoms with van der Waals surface area (Å²) >= 11 is 0. The number of aromatic amines is 1. The van der Waals surface area contributed by atoms with E-state index < -0.39 is 0 Å². The van der Waals surface area contributed by atoms with E-state index in [4.69, 9.17) is 4.42 Å². The lowest BCUT2D eigenvalue weighted by molar-refractivity contribution is 0.383. The zero-order valence-corrected chi connectivity index (χ0v) is 18.2. The molecule has 0 fully saturated rings. The Bertz CT molecular complexity index is 961. The van der Waals surface area contributed by atoms with Crippen molar-refractivity contribution in [2.24, 2.45) is 4.99 Å². The fourth-order valence-corrected chi connectivity index (χ4v) is 3.31. The third kappa shape index (κ3) is 5.19. The van der Waals surface area contributed by atoms with Crippen LogP contribution in [0, 0.1) is 0 Å². The number of nitrogens with zero attached hydrogens (tertiary/aromatic N) is 2. The molecule has 3 N–H and O–H groups in total. The van der Waals surface area contributed by atoms with Crippen LogP contribution in [0.2, 0.25) is 0 Å². The molecular formula is C23H33N5O. The Balaban J connectivity index is 1.61. The van der Waals surface area contributed by atoms with Gasteiger partial charge in [-0.2, -0.15) is 0 Å². The van der Waals surface area contributed by atoms with Gasteiger partial charge in [0, 0.05) is 35.6 Å². The van der Waals surface area contributed by atoms with Gasteiger partial charge in [0.25, 0.3) is 0 Å². The average Bonchev–Trinajstić information content (AvgIpc) is 3.33. The molecule has 0 spiro atoms. The molecule has 156 valence electrons. The van der Waals surface area contributed by atoms with Crippen molar-refractivity contribution >= 4 is 16.9 Å². The van der Waals surface area contributed by atoms with Crippen LogP contribution in [0.1, 0.15) is 57.4 Å². The predicted octanol–water partition coefficient (Wildman–Crippen LogP) is 4.31. The molecule has 29 heavy (non-hydrogen) atoms. The summed E-state index contributed by atoms with van der Waals surface area (Å²) in [6.07, 6.45) is 5.87. The molecule has 0 radical (unpaired) electrons. The number of hydrogen-bond acceptors (Lipinski definition) is 3. The first-order chi connectivity index (χ1) is 13.9. The number of aliphatic imine (C=N–C) groups is 1. The largest absolute Gasteiger partial charge is 0.443 e. The van der Waals surface area contributed by atoms with Gasteiger partial charge in [0.1, 0.15) is 12.3 Å². The Labute approximate surface area is 173 Å². The normalized spacial score (nSPS) is 12.5. The molecule has 0 aliphatic heterocycles. The molecule has 0 saturated heterocycles. The molecule has 0 amide bonds. The van der Waals surface area contributed by atoms with Gasteiger partial charge in [-0.05, 0) is 30.9 Å². The molecule has 0 atom stereocenters. The molecule has 3 rings (SSSR count). The van der Waals surface area contributed by atoms with Crippen molar-refractivity contribution in [1.29, 1.82) is 0 Å². The molecule has 0 aliphatic rings. The molecule has 0 aliphatic carbocycles. The number of nitrogens with one attached hydrogen (secondary N) is 3. The highest BCUT2D eigenvalue weighted by atomic mass is 16.4. The van der Waals surface area contributed by atoms with Crippen molar-refractivity contribution in [3.8, 4) is 0 Å². The summed E-state index contributed by atoms with van der Waals surface area (Å²) in [5.41, 5.74) is 3.89. The number of guanidine groups is 1. The van der Waals surface area contributed by atoms with Crippen LogP contribution in [-0.4, -0.2) is 29.0 Å². The SMILES string of the molecule is CCNC(=NCc1ncc(C(C)(C)C)o1)NCCc1c[nH]c2c(CC)cccc12. The third-order valence-corrected chi connectivity index (χ3v) is 4.96. The summed E-state index contributed by atoms with van der Waals surface area (Å²) in [4.78, 5) is 12.4. The molecular weight excluding hydrogens is 362 g/mol. The predicted molar refractivity (Wildman–Crippen MR) is 119 cm³/mol. The van der Waals surface area contributed by atoms with Crippen LogP contribution in [0.5, 0.6) is 0 Å². The van der Waals surface area contributed by atoms with Gasteiger partial charge in [0.15, 0.2) is 5.96 Å². The third-order valence-electron chi connectivity index (χ3n) is 4.96. The van der Waals surface area contributed by atoms with Crippen LogP contribution in [0.3, 0.4) is 0 Å². The van der Waals surface area contributed by atoms with E-state index >= 15 is 0 Å². The zero-order valence-electron chi connectivity index (χ0n) is 18.2. The number of benzene rings is 1. The molecule has 1 aromatic carbocycles. The highest BCUT2D eigenvalue weighted by Crippen LogP contribution is 2.23. The summed E-state index contributed by atoms with van der Waals surface area (Å²) < 4.78 is 5.83. The lowest BCUT2D eigenvalue weighted by atomic mass is 9.94. The minimum atomic E-state index is -0.0469. The number of aromatic nitrogens is 2. The van der Waals surface area contributed by atoms with Crippen molar-refractivity contribution < 1.29 is 4.42 Å². The second-order valence-corrected chi connectivity index (χ2v) is 8.25. The maximum absolute atomic E-state index is 5.83. The molecule has 0 unspecified atom stereocenters. The highest BCUT2D eigenvalue weighted by Gasteiger charge is 2.19. The lowest BCUT2D eigenvalue weighted by Crippen LogP contribution is -2.38. The van der Waals surface area contributed by atoms with E-state index in [0.29, 0.717) is 12.4 Å². The van der Waals surface area contributed by atoms with Gasteiger partial charge in [0.2, 0.25) is 5.89 Å². The Morgan fingerprint density at radius 2 is 2.00 bits per heavy atom. The van der Waals surface area contributed by atoms with Crippen LogP contribution in [-0.2, 0) is 24.8 Å². The van der Waals surface area contributed by atoms with Gasteiger partial charge in [-0.25, -0.2) is 9.98 Å². The van der Waals surface area contributed by atoms with E-state index in [1.54, 1.807) is 6.20 Å². The van der Waals surface area contributed by atoms with E-state index in [9.17, 15) is 0 Å². The summed E-state index contributed by atoms with van der Waals surface area (Å²) in [6, 6.07) is 6.51. The van der Waals surface area contributed by atoms with E-state index in [2.05, 4.69) is 84.6 Å². The number of oxazole rings is 1. The fourth-order valence-electron chi connectivity index (χ4n) is 3.31. The Kier molecular flexibility index (Phi) is 6.62. The summed E-state index contributed by atoms with van der Waals surface area (Å²) in [7, 11) is 0.